The molecule has 1 fully saturated rings. The third-order valence-electron chi connectivity index (χ3n) is 4.47. The van der Waals surface area contributed by atoms with Crippen LogP contribution in [-0.2, 0) is 6.42 Å². The van der Waals surface area contributed by atoms with E-state index in [9.17, 15) is 0 Å². The smallest absolute Gasteiger partial charge is 0.110 e. The average Bonchev–Trinajstić information content (AvgIpc) is 2.76. The minimum Gasteiger partial charge on any atom is -0.305 e. The van der Waals surface area contributed by atoms with Gasteiger partial charge in [-0.15, -0.1) is 11.3 Å². The van der Waals surface area contributed by atoms with Crippen molar-refractivity contribution in [2.24, 2.45) is 11.8 Å². The first-order valence-corrected chi connectivity index (χ1v) is 9.05. The van der Waals surface area contributed by atoms with Crippen LogP contribution >= 0.6 is 11.3 Å². The third kappa shape index (κ3) is 3.82. The zero-order chi connectivity index (χ0) is 14.7. The van der Waals surface area contributed by atoms with Crippen LogP contribution in [0, 0.1) is 18.8 Å². The summed E-state index contributed by atoms with van der Waals surface area (Å²) in [6.45, 7) is 11.3. The molecule has 1 aromatic rings. The van der Waals surface area contributed by atoms with Crippen LogP contribution in [0.3, 0.4) is 0 Å². The van der Waals surface area contributed by atoms with Crippen LogP contribution in [0.2, 0.25) is 0 Å². The van der Waals surface area contributed by atoms with E-state index in [1.54, 1.807) is 0 Å². The number of nitrogens with one attached hydrogen (secondary N) is 1. The Kier molecular flexibility index (Phi) is 5.62. The Hall–Kier alpha value is -0.410. The molecule has 3 heteroatoms. The molecule has 1 aliphatic carbocycles. The quantitative estimate of drug-likeness (QED) is 0.837. The molecule has 3 unspecified atom stereocenters. The SMILES string of the molecule is CCc1nc(C(NC(C)C)C2CCCC(C)C2)sc1C. The fourth-order valence-electron chi connectivity index (χ4n) is 3.46. The van der Waals surface area contributed by atoms with Crippen LogP contribution < -0.4 is 5.32 Å². The minimum atomic E-state index is 0.460. The van der Waals surface area contributed by atoms with Crippen molar-refractivity contribution in [3.05, 3.63) is 15.6 Å². The first-order valence-electron chi connectivity index (χ1n) is 8.23. The molecule has 0 aliphatic heterocycles. The highest BCUT2D eigenvalue weighted by atomic mass is 32.1. The molecule has 20 heavy (non-hydrogen) atoms. The molecule has 2 nitrogen and oxygen atoms in total. The number of thiazole rings is 1. The largest absolute Gasteiger partial charge is 0.305 e. The van der Waals surface area contributed by atoms with E-state index >= 15 is 0 Å². The normalized spacial score (nSPS) is 25.1. The summed E-state index contributed by atoms with van der Waals surface area (Å²) in [5.41, 5.74) is 1.30. The van der Waals surface area contributed by atoms with Crippen molar-refractivity contribution in [2.45, 2.75) is 78.8 Å². The second-order valence-electron chi connectivity index (χ2n) is 6.74. The van der Waals surface area contributed by atoms with E-state index < -0.39 is 0 Å². The topological polar surface area (TPSA) is 24.9 Å². The van der Waals surface area contributed by atoms with Gasteiger partial charge in [0.2, 0.25) is 0 Å². The summed E-state index contributed by atoms with van der Waals surface area (Å²) >= 11 is 1.91. The lowest BCUT2D eigenvalue weighted by Crippen LogP contribution is -2.35. The zero-order valence-electron chi connectivity index (χ0n) is 13.7. The van der Waals surface area contributed by atoms with E-state index in [2.05, 4.69) is 39.9 Å². The third-order valence-corrected chi connectivity index (χ3v) is 5.57. The standard InChI is InChI=1S/C17H30N2S/c1-6-15-13(5)20-17(19-15)16(18-11(2)3)14-9-7-8-12(4)10-14/h11-12,14,16,18H,6-10H2,1-5H3. The maximum absolute atomic E-state index is 4.94. The number of rotatable bonds is 5. The first kappa shape index (κ1) is 16.0. The zero-order valence-corrected chi connectivity index (χ0v) is 14.5. The van der Waals surface area contributed by atoms with Gasteiger partial charge in [0.1, 0.15) is 5.01 Å². The van der Waals surface area contributed by atoms with Crippen molar-refractivity contribution < 1.29 is 0 Å². The predicted molar refractivity (Wildman–Crippen MR) is 88.4 cm³/mol. The summed E-state index contributed by atoms with van der Waals surface area (Å²) in [6, 6.07) is 0.980. The number of hydrogen-bond donors (Lipinski definition) is 1. The predicted octanol–water partition coefficient (Wildman–Crippen LogP) is 4.88. The molecule has 0 spiro atoms. The Morgan fingerprint density at radius 1 is 1.35 bits per heavy atom. The molecule has 1 heterocycles. The summed E-state index contributed by atoms with van der Waals surface area (Å²) in [6.07, 6.45) is 6.55. The van der Waals surface area contributed by atoms with Crippen molar-refractivity contribution in [2.75, 3.05) is 0 Å². The van der Waals surface area contributed by atoms with Gasteiger partial charge in [0, 0.05) is 10.9 Å². The highest BCUT2D eigenvalue weighted by molar-refractivity contribution is 7.11. The van der Waals surface area contributed by atoms with Crippen LogP contribution in [0.25, 0.3) is 0 Å². The molecule has 1 aliphatic rings. The molecule has 0 saturated heterocycles. The van der Waals surface area contributed by atoms with E-state index in [-0.39, 0.29) is 0 Å². The Labute approximate surface area is 128 Å². The van der Waals surface area contributed by atoms with Gasteiger partial charge in [0.25, 0.3) is 0 Å². The van der Waals surface area contributed by atoms with Crippen molar-refractivity contribution in [1.82, 2.24) is 10.3 Å². The van der Waals surface area contributed by atoms with Crippen LogP contribution in [0.1, 0.15) is 75.0 Å². The summed E-state index contributed by atoms with van der Waals surface area (Å²) in [7, 11) is 0. The lowest BCUT2D eigenvalue weighted by molar-refractivity contribution is 0.216. The van der Waals surface area contributed by atoms with E-state index in [4.69, 9.17) is 4.98 Å². The molecule has 0 amide bonds. The molecule has 0 radical (unpaired) electrons. The highest BCUT2D eigenvalue weighted by Crippen LogP contribution is 2.39. The molecule has 1 aromatic heterocycles. The average molecular weight is 295 g/mol. The Morgan fingerprint density at radius 3 is 2.65 bits per heavy atom. The Bertz CT molecular complexity index is 425. The van der Waals surface area contributed by atoms with Crippen LogP contribution in [-0.4, -0.2) is 11.0 Å². The monoisotopic (exact) mass is 294 g/mol. The summed E-state index contributed by atoms with van der Waals surface area (Å²) in [5.74, 6) is 1.63. The van der Waals surface area contributed by atoms with Gasteiger partial charge < -0.3 is 5.32 Å². The van der Waals surface area contributed by atoms with Crippen molar-refractivity contribution in [3.63, 3.8) is 0 Å². The van der Waals surface area contributed by atoms with Crippen LogP contribution in [0.15, 0.2) is 0 Å². The van der Waals surface area contributed by atoms with Gasteiger partial charge in [-0.05, 0) is 38.0 Å². The minimum absolute atomic E-state index is 0.460. The number of aromatic nitrogens is 1. The summed E-state index contributed by atoms with van der Waals surface area (Å²) in [5, 5.41) is 5.13. The summed E-state index contributed by atoms with van der Waals surface area (Å²) < 4.78 is 0. The van der Waals surface area contributed by atoms with E-state index in [0.29, 0.717) is 12.1 Å². The molecule has 0 aromatic carbocycles. The maximum Gasteiger partial charge on any atom is 0.110 e. The molecule has 3 atom stereocenters. The van der Waals surface area contributed by atoms with Gasteiger partial charge in [0.05, 0.1) is 11.7 Å². The van der Waals surface area contributed by atoms with Gasteiger partial charge in [-0.1, -0.05) is 40.5 Å². The van der Waals surface area contributed by atoms with Crippen molar-refractivity contribution in [3.8, 4) is 0 Å². The lowest BCUT2D eigenvalue weighted by Gasteiger charge is -2.34. The van der Waals surface area contributed by atoms with Gasteiger partial charge in [-0.3, -0.25) is 0 Å². The number of hydrogen-bond acceptors (Lipinski definition) is 3. The van der Waals surface area contributed by atoms with Crippen LogP contribution in [0.5, 0.6) is 0 Å². The van der Waals surface area contributed by atoms with Gasteiger partial charge in [-0.25, -0.2) is 4.98 Å². The fourth-order valence-corrected chi connectivity index (χ4v) is 4.63. The number of aryl methyl sites for hydroxylation is 2. The first-order chi connectivity index (χ1) is 9.51. The van der Waals surface area contributed by atoms with Gasteiger partial charge in [-0.2, -0.15) is 0 Å². The second-order valence-corrected chi connectivity index (χ2v) is 7.97. The molecule has 0 bridgehead atoms. The van der Waals surface area contributed by atoms with Crippen molar-refractivity contribution in [1.29, 1.82) is 0 Å². The maximum atomic E-state index is 4.94. The van der Waals surface area contributed by atoms with E-state index in [1.807, 2.05) is 11.3 Å². The second kappa shape index (κ2) is 7.04. The molecular formula is C17H30N2S. The van der Waals surface area contributed by atoms with Crippen LogP contribution in [0.4, 0.5) is 0 Å². The molecule has 1 N–H and O–H groups in total. The Morgan fingerprint density at radius 2 is 2.10 bits per heavy atom. The molecule has 2 rings (SSSR count). The van der Waals surface area contributed by atoms with Crippen molar-refractivity contribution >= 4 is 11.3 Å². The molecule has 114 valence electrons. The lowest BCUT2D eigenvalue weighted by atomic mass is 9.78. The molecule has 1 saturated carbocycles. The number of nitrogens with zero attached hydrogens (tertiary/aromatic N) is 1. The molecular weight excluding hydrogens is 264 g/mol. The summed E-state index contributed by atoms with van der Waals surface area (Å²) in [4.78, 5) is 6.34. The van der Waals surface area contributed by atoms with Gasteiger partial charge in [0.15, 0.2) is 0 Å². The highest BCUT2D eigenvalue weighted by Gasteiger charge is 2.30. The van der Waals surface area contributed by atoms with E-state index in [1.165, 1.54) is 41.3 Å². The van der Waals surface area contributed by atoms with Gasteiger partial charge >= 0.3 is 0 Å². The fraction of sp³-hybridized carbons (Fsp3) is 0.824. The van der Waals surface area contributed by atoms with E-state index in [0.717, 1.165) is 18.3 Å². The Balaban J connectivity index is 2.21.